The van der Waals surface area contributed by atoms with Gasteiger partial charge in [0.1, 0.15) is 5.82 Å². The number of aliphatic hydroxyl groups is 1. The van der Waals surface area contributed by atoms with E-state index in [0.717, 1.165) is 39.3 Å². The van der Waals surface area contributed by atoms with Gasteiger partial charge in [0.2, 0.25) is 0 Å². The van der Waals surface area contributed by atoms with Gasteiger partial charge in [-0.25, -0.2) is 4.39 Å². The Balaban J connectivity index is 1.55. The lowest BCUT2D eigenvalue weighted by molar-refractivity contribution is 0.0374. The molecule has 0 aromatic heterocycles. The first-order valence-electron chi connectivity index (χ1n) is 9.51. The van der Waals surface area contributed by atoms with Crippen molar-refractivity contribution in [2.45, 2.75) is 12.6 Å². The van der Waals surface area contributed by atoms with Crippen molar-refractivity contribution < 1.29 is 19.0 Å². The molecule has 1 amide bonds. The number of anilines is 1. The molecule has 0 aliphatic carbocycles. The molecule has 2 aromatic rings. The summed E-state index contributed by atoms with van der Waals surface area (Å²) in [5, 5.41) is 16.1. The van der Waals surface area contributed by atoms with Gasteiger partial charge in [-0.15, -0.1) is 0 Å². The molecule has 150 valence electrons. The van der Waals surface area contributed by atoms with Crippen LogP contribution in [0.15, 0.2) is 48.5 Å². The number of ether oxygens (including phenoxy) is 1. The van der Waals surface area contributed by atoms with Gasteiger partial charge in [-0.2, -0.15) is 0 Å². The lowest BCUT2D eigenvalue weighted by Gasteiger charge is -2.26. The van der Waals surface area contributed by atoms with Crippen molar-refractivity contribution in [1.29, 1.82) is 0 Å². The van der Waals surface area contributed by atoms with E-state index in [1.807, 2.05) is 0 Å². The number of carbonyl (C=O) groups is 1. The molecule has 3 rings (SSSR count). The normalized spacial score (nSPS) is 15.8. The summed E-state index contributed by atoms with van der Waals surface area (Å²) in [6.45, 7) is 4.84. The number of benzene rings is 2. The minimum Gasteiger partial charge on any atom is -0.379 e. The first-order chi connectivity index (χ1) is 13.6. The van der Waals surface area contributed by atoms with Crippen molar-refractivity contribution in [3.05, 3.63) is 65.5 Å². The van der Waals surface area contributed by atoms with Crippen LogP contribution in [0.1, 0.15) is 28.6 Å². The molecule has 2 aromatic carbocycles. The Kier molecular flexibility index (Phi) is 7.36. The molecule has 0 radical (unpaired) electrons. The van der Waals surface area contributed by atoms with E-state index in [9.17, 15) is 14.3 Å². The van der Waals surface area contributed by atoms with Crippen LogP contribution in [0.25, 0.3) is 0 Å². The Hall–Kier alpha value is -2.48. The lowest BCUT2D eigenvalue weighted by Crippen LogP contribution is -2.38. The fourth-order valence-corrected chi connectivity index (χ4v) is 3.15. The topological polar surface area (TPSA) is 73.8 Å². The zero-order chi connectivity index (χ0) is 19.8. The number of morpholine rings is 1. The summed E-state index contributed by atoms with van der Waals surface area (Å²) in [4.78, 5) is 14.9. The van der Waals surface area contributed by atoms with E-state index < -0.39 is 12.0 Å². The molecule has 0 bridgehead atoms. The number of aliphatic hydroxyl groups excluding tert-OH is 1. The fourth-order valence-electron chi connectivity index (χ4n) is 3.15. The Morgan fingerprint density at radius 2 is 1.86 bits per heavy atom. The third kappa shape index (κ3) is 5.51. The average Bonchev–Trinajstić information content (AvgIpc) is 2.72. The summed E-state index contributed by atoms with van der Waals surface area (Å²) in [6.07, 6.45) is -0.407. The molecule has 1 saturated heterocycles. The van der Waals surface area contributed by atoms with Crippen LogP contribution in [0.5, 0.6) is 0 Å². The highest BCUT2D eigenvalue weighted by Gasteiger charge is 2.16. The summed E-state index contributed by atoms with van der Waals surface area (Å²) in [6, 6.07) is 12.9. The van der Waals surface area contributed by atoms with E-state index in [0.29, 0.717) is 17.8 Å². The smallest absolute Gasteiger partial charge is 0.253 e. The van der Waals surface area contributed by atoms with Gasteiger partial charge in [0.25, 0.3) is 5.91 Å². The number of halogens is 1. The number of carbonyl (C=O) groups excluding carboxylic acids is 1. The Morgan fingerprint density at radius 1 is 1.14 bits per heavy atom. The van der Waals surface area contributed by atoms with E-state index in [4.69, 9.17) is 4.74 Å². The largest absolute Gasteiger partial charge is 0.379 e. The third-order valence-corrected chi connectivity index (χ3v) is 4.70. The number of nitrogens with zero attached hydrogens (tertiary/aromatic N) is 1. The quantitative estimate of drug-likeness (QED) is 0.479. The van der Waals surface area contributed by atoms with Crippen molar-refractivity contribution in [2.75, 3.05) is 44.7 Å². The number of rotatable bonds is 8. The van der Waals surface area contributed by atoms with Gasteiger partial charge >= 0.3 is 0 Å². The SMILES string of the molecule is O=C(NCCCN1CCOCC1)c1ccccc1NC(O)c1ccccc1F. The Bertz CT molecular complexity index is 781. The Labute approximate surface area is 164 Å². The minimum atomic E-state index is -1.25. The van der Waals surface area contributed by atoms with E-state index >= 15 is 0 Å². The van der Waals surface area contributed by atoms with Gasteiger partial charge < -0.3 is 20.5 Å². The standard InChI is InChI=1S/C21H26FN3O3/c22-18-8-3-1-6-16(18)21(27)24-19-9-4-2-7-17(19)20(26)23-10-5-11-25-12-14-28-15-13-25/h1-4,6-9,21,24,27H,5,10-15H2,(H,23,26). The van der Waals surface area contributed by atoms with E-state index in [1.54, 1.807) is 36.4 Å². The molecule has 0 spiro atoms. The van der Waals surface area contributed by atoms with Crippen LogP contribution in [0, 0.1) is 5.82 Å². The Morgan fingerprint density at radius 3 is 2.64 bits per heavy atom. The number of nitrogens with one attached hydrogen (secondary N) is 2. The molecule has 1 aliphatic rings. The number of amides is 1. The predicted molar refractivity (Wildman–Crippen MR) is 106 cm³/mol. The molecule has 1 heterocycles. The maximum atomic E-state index is 13.9. The van der Waals surface area contributed by atoms with Gasteiger partial charge in [0.05, 0.1) is 18.8 Å². The van der Waals surface area contributed by atoms with Crippen LogP contribution in [0.4, 0.5) is 10.1 Å². The molecule has 1 unspecified atom stereocenters. The zero-order valence-electron chi connectivity index (χ0n) is 15.7. The van der Waals surface area contributed by atoms with Gasteiger partial charge in [-0.05, 0) is 31.2 Å². The van der Waals surface area contributed by atoms with Crippen LogP contribution in [0.2, 0.25) is 0 Å². The number of hydrogen-bond acceptors (Lipinski definition) is 5. The van der Waals surface area contributed by atoms with Crippen LogP contribution >= 0.6 is 0 Å². The van der Waals surface area contributed by atoms with Crippen LogP contribution in [0.3, 0.4) is 0 Å². The molecule has 7 heteroatoms. The monoisotopic (exact) mass is 387 g/mol. The van der Waals surface area contributed by atoms with Gasteiger partial charge in [-0.1, -0.05) is 30.3 Å². The summed E-state index contributed by atoms with van der Waals surface area (Å²) in [5.41, 5.74) is 0.983. The molecule has 6 nitrogen and oxygen atoms in total. The second-order valence-corrected chi connectivity index (χ2v) is 6.68. The summed E-state index contributed by atoms with van der Waals surface area (Å²) in [5.74, 6) is -0.738. The second-order valence-electron chi connectivity index (χ2n) is 6.68. The average molecular weight is 387 g/mol. The third-order valence-electron chi connectivity index (χ3n) is 4.70. The van der Waals surface area contributed by atoms with Crippen LogP contribution in [-0.2, 0) is 4.74 Å². The van der Waals surface area contributed by atoms with Crippen molar-refractivity contribution in [3.8, 4) is 0 Å². The molecule has 1 atom stereocenters. The molecule has 0 saturated carbocycles. The van der Waals surface area contributed by atoms with Crippen LogP contribution in [-0.4, -0.2) is 55.3 Å². The van der Waals surface area contributed by atoms with Gasteiger partial charge in [-0.3, -0.25) is 9.69 Å². The molecular formula is C21H26FN3O3. The second kappa shape index (κ2) is 10.2. The first-order valence-corrected chi connectivity index (χ1v) is 9.51. The van der Waals surface area contributed by atoms with Crippen LogP contribution < -0.4 is 10.6 Å². The highest BCUT2D eigenvalue weighted by molar-refractivity contribution is 5.99. The summed E-state index contributed by atoms with van der Waals surface area (Å²) < 4.78 is 19.2. The fraction of sp³-hybridized carbons (Fsp3) is 0.381. The number of para-hydroxylation sites is 1. The molecule has 1 aliphatic heterocycles. The highest BCUT2D eigenvalue weighted by Crippen LogP contribution is 2.22. The highest BCUT2D eigenvalue weighted by atomic mass is 19.1. The minimum absolute atomic E-state index is 0.128. The summed E-state index contributed by atoms with van der Waals surface area (Å²) in [7, 11) is 0. The van der Waals surface area contributed by atoms with E-state index in [2.05, 4.69) is 15.5 Å². The zero-order valence-corrected chi connectivity index (χ0v) is 15.7. The molecule has 1 fully saturated rings. The first kappa shape index (κ1) is 20.3. The van der Waals surface area contributed by atoms with E-state index in [-0.39, 0.29) is 11.5 Å². The van der Waals surface area contributed by atoms with Crippen molar-refractivity contribution in [1.82, 2.24) is 10.2 Å². The maximum Gasteiger partial charge on any atom is 0.253 e. The molecule has 28 heavy (non-hydrogen) atoms. The summed E-state index contributed by atoms with van der Waals surface area (Å²) >= 11 is 0. The van der Waals surface area contributed by atoms with Crippen molar-refractivity contribution in [3.63, 3.8) is 0 Å². The van der Waals surface area contributed by atoms with E-state index in [1.165, 1.54) is 12.1 Å². The van der Waals surface area contributed by atoms with Gasteiger partial charge in [0.15, 0.2) is 6.23 Å². The molecule has 3 N–H and O–H groups in total. The molecular weight excluding hydrogens is 361 g/mol. The van der Waals surface area contributed by atoms with Gasteiger partial charge in [0, 0.05) is 30.9 Å². The van der Waals surface area contributed by atoms with Crippen molar-refractivity contribution in [2.24, 2.45) is 0 Å². The van der Waals surface area contributed by atoms with Crippen molar-refractivity contribution >= 4 is 11.6 Å². The number of hydrogen-bond donors (Lipinski definition) is 3. The maximum absolute atomic E-state index is 13.9. The lowest BCUT2D eigenvalue weighted by atomic mass is 10.1. The predicted octanol–water partition coefficient (Wildman–Crippen LogP) is 2.38.